The molecule has 1 amide bonds. The van der Waals surface area contributed by atoms with Crippen molar-refractivity contribution in [1.82, 2.24) is 10.3 Å². The number of ether oxygens (including phenoxy) is 1. The van der Waals surface area contributed by atoms with Gasteiger partial charge in [-0.2, -0.15) is 0 Å². The zero-order chi connectivity index (χ0) is 16.8. The van der Waals surface area contributed by atoms with Gasteiger partial charge >= 0.3 is 0 Å². The SMILES string of the molecule is O=C(NC1CCC(CO)CC1)c1ccccc1Oc1cccnc1. The van der Waals surface area contributed by atoms with Gasteiger partial charge in [-0.3, -0.25) is 9.78 Å². The van der Waals surface area contributed by atoms with E-state index in [0.717, 1.165) is 25.7 Å². The average Bonchev–Trinajstić information content (AvgIpc) is 2.63. The highest BCUT2D eigenvalue weighted by molar-refractivity contribution is 5.97. The Labute approximate surface area is 141 Å². The lowest BCUT2D eigenvalue weighted by atomic mass is 9.86. The lowest BCUT2D eigenvalue weighted by Crippen LogP contribution is -2.38. The maximum Gasteiger partial charge on any atom is 0.255 e. The first kappa shape index (κ1) is 16.5. The zero-order valence-electron chi connectivity index (χ0n) is 13.5. The third kappa shape index (κ3) is 4.11. The lowest BCUT2D eigenvalue weighted by molar-refractivity contribution is 0.0911. The molecule has 1 aromatic heterocycles. The molecular weight excluding hydrogens is 304 g/mol. The topological polar surface area (TPSA) is 71.5 Å². The maximum absolute atomic E-state index is 12.6. The van der Waals surface area contributed by atoms with Gasteiger partial charge in [0, 0.05) is 18.8 Å². The quantitative estimate of drug-likeness (QED) is 0.885. The second kappa shape index (κ2) is 7.93. The Balaban J connectivity index is 1.67. The number of hydrogen-bond donors (Lipinski definition) is 2. The van der Waals surface area contributed by atoms with Crippen LogP contribution in [-0.2, 0) is 0 Å². The van der Waals surface area contributed by atoms with Crippen LogP contribution in [0, 0.1) is 5.92 Å². The number of para-hydroxylation sites is 1. The summed E-state index contributed by atoms with van der Waals surface area (Å²) in [7, 11) is 0. The van der Waals surface area contributed by atoms with Crippen LogP contribution in [0.1, 0.15) is 36.0 Å². The molecule has 0 bridgehead atoms. The number of aliphatic hydroxyl groups excluding tert-OH is 1. The molecule has 1 aliphatic rings. The summed E-state index contributed by atoms with van der Waals surface area (Å²) in [6.45, 7) is 0.239. The van der Waals surface area contributed by atoms with E-state index < -0.39 is 0 Å². The molecule has 1 heterocycles. The van der Waals surface area contributed by atoms with Gasteiger partial charge in [0.2, 0.25) is 0 Å². The van der Waals surface area contributed by atoms with Crippen molar-refractivity contribution in [2.75, 3.05) is 6.61 Å². The number of rotatable bonds is 5. The minimum Gasteiger partial charge on any atom is -0.455 e. The van der Waals surface area contributed by atoms with Crippen LogP contribution in [0.25, 0.3) is 0 Å². The molecule has 0 unspecified atom stereocenters. The molecule has 1 aliphatic carbocycles. The molecule has 5 heteroatoms. The van der Waals surface area contributed by atoms with E-state index in [4.69, 9.17) is 4.74 Å². The van der Waals surface area contributed by atoms with E-state index in [2.05, 4.69) is 10.3 Å². The molecule has 2 N–H and O–H groups in total. The summed E-state index contributed by atoms with van der Waals surface area (Å²) in [6, 6.07) is 11.0. The number of carbonyl (C=O) groups excluding carboxylic acids is 1. The molecule has 5 nitrogen and oxygen atoms in total. The van der Waals surface area contributed by atoms with Gasteiger partial charge in [0.05, 0.1) is 11.8 Å². The van der Waals surface area contributed by atoms with Gasteiger partial charge in [-0.15, -0.1) is 0 Å². The van der Waals surface area contributed by atoms with Crippen LogP contribution < -0.4 is 10.1 Å². The minimum atomic E-state index is -0.123. The van der Waals surface area contributed by atoms with E-state index in [9.17, 15) is 9.90 Å². The normalized spacial score (nSPS) is 20.4. The highest BCUT2D eigenvalue weighted by Crippen LogP contribution is 2.27. The van der Waals surface area contributed by atoms with E-state index in [0.29, 0.717) is 23.0 Å². The summed E-state index contributed by atoms with van der Waals surface area (Å²) in [5.41, 5.74) is 0.519. The molecule has 0 saturated heterocycles. The van der Waals surface area contributed by atoms with E-state index in [1.807, 2.05) is 12.1 Å². The Bertz CT molecular complexity index is 667. The molecule has 0 atom stereocenters. The number of nitrogens with one attached hydrogen (secondary N) is 1. The highest BCUT2D eigenvalue weighted by atomic mass is 16.5. The Hall–Kier alpha value is -2.40. The van der Waals surface area contributed by atoms with Crippen LogP contribution in [0.5, 0.6) is 11.5 Å². The number of amides is 1. The van der Waals surface area contributed by atoms with Crippen molar-refractivity contribution in [2.45, 2.75) is 31.7 Å². The number of carbonyl (C=O) groups is 1. The lowest BCUT2D eigenvalue weighted by Gasteiger charge is -2.28. The molecule has 0 aliphatic heterocycles. The summed E-state index contributed by atoms with van der Waals surface area (Å²) in [5, 5.41) is 12.3. The van der Waals surface area contributed by atoms with Gasteiger partial charge in [0.15, 0.2) is 0 Å². The summed E-state index contributed by atoms with van der Waals surface area (Å²) in [5.74, 6) is 1.37. The van der Waals surface area contributed by atoms with Crippen LogP contribution in [-0.4, -0.2) is 28.6 Å². The number of nitrogens with zero attached hydrogens (tertiary/aromatic N) is 1. The average molecular weight is 326 g/mol. The van der Waals surface area contributed by atoms with Crippen molar-refractivity contribution in [3.63, 3.8) is 0 Å². The molecule has 126 valence electrons. The van der Waals surface area contributed by atoms with Gasteiger partial charge in [0.1, 0.15) is 11.5 Å². The number of aromatic nitrogens is 1. The third-order valence-electron chi connectivity index (χ3n) is 4.43. The van der Waals surface area contributed by atoms with Crippen LogP contribution in [0.4, 0.5) is 0 Å². The fraction of sp³-hybridized carbons (Fsp3) is 0.368. The van der Waals surface area contributed by atoms with E-state index in [1.165, 1.54) is 0 Å². The summed E-state index contributed by atoms with van der Waals surface area (Å²) < 4.78 is 5.80. The predicted octanol–water partition coefficient (Wildman–Crippen LogP) is 3.15. The van der Waals surface area contributed by atoms with Gasteiger partial charge in [-0.05, 0) is 55.9 Å². The van der Waals surface area contributed by atoms with Gasteiger partial charge < -0.3 is 15.2 Å². The fourth-order valence-corrected chi connectivity index (χ4v) is 3.03. The van der Waals surface area contributed by atoms with Gasteiger partial charge in [-0.1, -0.05) is 12.1 Å². The van der Waals surface area contributed by atoms with Crippen LogP contribution >= 0.6 is 0 Å². The first-order valence-electron chi connectivity index (χ1n) is 8.35. The van der Waals surface area contributed by atoms with Crippen molar-refractivity contribution in [3.8, 4) is 11.5 Å². The maximum atomic E-state index is 12.6. The molecule has 1 aromatic carbocycles. The molecular formula is C19H22N2O3. The Morgan fingerprint density at radius 2 is 1.96 bits per heavy atom. The second-order valence-electron chi connectivity index (χ2n) is 6.16. The first-order chi connectivity index (χ1) is 11.8. The Morgan fingerprint density at radius 1 is 1.17 bits per heavy atom. The van der Waals surface area contributed by atoms with E-state index >= 15 is 0 Å². The zero-order valence-corrected chi connectivity index (χ0v) is 13.5. The minimum absolute atomic E-state index is 0.123. The van der Waals surface area contributed by atoms with Crippen molar-refractivity contribution in [3.05, 3.63) is 54.4 Å². The third-order valence-corrected chi connectivity index (χ3v) is 4.43. The van der Waals surface area contributed by atoms with Gasteiger partial charge in [-0.25, -0.2) is 0 Å². The Kier molecular flexibility index (Phi) is 5.43. The number of aliphatic hydroxyl groups is 1. The highest BCUT2D eigenvalue weighted by Gasteiger charge is 2.23. The van der Waals surface area contributed by atoms with Crippen LogP contribution in [0.15, 0.2) is 48.8 Å². The van der Waals surface area contributed by atoms with Crippen LogP contribution in [0.3, 0.4) is 0 Å². The molecule has 2 aromatic rings. The summed E-state index contributed by atoms with van der Waals surface area (Å²) in [4.78, 5) is 16.6. The van der Waals surface area contributed by atoms with Crippen molar-refractivity contribution < 1.29 is 14.6 Å². The number of benzene rings is 1. The Morgan fingerprint density at radius 3 is 2.67 bits per heavy atom. The summed E-state index contributed by atoms with van der Waals surface area (Å²) >= 11 is 0. The fourth-order valence-electron chi connectivity index (χ4n) is 3.03. The van der Waals surface area contributed by atoms with E-state index in [1.54, 1.807) is 36.7 Å². The first-order valence-corrected chi connectivity index (χ1v) is 8.35. The van der Waals surface area contributed by atoms with E-state index in [-0.39, 0.29) is 18.6 Å². The van der Waals surface area contributed by atoms with Crippen molar-refractivity contribution in [1.29, 1.82) is 0 Å². The van der Waals surface area contributed by atoms with Crippen LogP contribution in [0.2, 0.25) is 0 Å². The standard InChI is InChI=1S/C19H22N2O3/c22-13-14-7-9-15(10-8-14)21-19(23)17-5-1-2-6-18(17)24-16-4-3-11-20-12-16/h1-6,11-12,14-15,22H,7-10,13H2,(H,21,23). The van der Waals surface area contributed by atoms with Crippen molar-refractivity contribution >= 4 is 5.91 Å². The molecule has 0 radical (unpaired) electrons. The largest absolute Gasteiger partial charge is 0.455 e. The molecule has 3 rings (SSSR count). The molecule has 1 fully saturated rings. The predicted molar refractivity (Wildman–Crippen MR) is 91.1 cm³/mol. The van der Waals surface area contributed by atoms with Gasteiger partial charge in [0.25, 0.3) is 5.91 Å². The molecule has 24 heavy (non-hydrogen) atoms. The number of hydrogen-bond acceptors (Lipinski definition) is 4. The smallest absolute Gasteiger partial charge is 0.255 e. The summed E-state index contributed by atoms with van der Waals surface area (Å²) in [6.07, 6.45) is 7.01. The molecule has 0 spiro atoms. The molecule has 1 saturated carbocycles. The van der Waals surface area contributed by atoms with Crippen molar-refractivity contribution in [2.24, 2.45) is 5.92 Å². The number of pyridine rings is 1. The second-order valence-corrected chi connectivity index (χ2v) is 6.16. The monoisotopic (exact) mass is 326 g/mol.